The van der Waals surface area contributed by atoms with Gasteiger partial charge in [-0.2, -0.15) is 4.98 Å². The molecule has 1 aliphatic carbocycles. The van der Waals surface area contributed by atoms with Crippen molar-refractivity contribution in [2.45, 2.75) is 56.7 Å². The molecule has 1 amide bonds. The van der Waals surface area contributed by atoms with Crippen LogP contribution in [0.3, 0.4) is 0 Å². The summed E-state index contributed by atoms with van der Waals surface area (Å²) in [6.45, 7) is 1.43. The van der Waals surface area contributed by atoms with Gasteiger partial charge in [0.15, 0.2) is 0 Å². The van der Waals surface area contributed by atoms with Crippen molar-refractivity contribution in [3.05, 3.63) is 36.0 Å². The average Bonchev–Trinajstić information content (AvgIpc) is 2.76. The zero-order valence-corrected chi connectivity index (χ0v) is 17.5. The minimum absolute atomic E-state index is 0.0589. The number of hydrogen-bond acceptors (Lipinski definition) is 8. The number of rotatable bonds is 7. The molecule has 1 saturated carbocycles. The van der Waals surface area contributed by atoms with E-state index >= 15 is 0 Å². The van der Waals surface area contributed by atoms with Gasteiger partial charge in [0.1, 0.15) is 23.2 Å². The second-order valence-corrected chi connectivity index (χ2v) is 8.10. The lowest BCUT2D eigenvalue weighted by molar-refractivity contribution is 0.0256. The van der Waals surface area contributed by atoms with Crippen LogP contribution in [0.4, 0.5) is 17.5 Å². The van der Waals surface area contributed by atoms with Crippen molar-refractivity contribution in [2.75, 3.05) is 23.8 Å². The van der Waals surface area contributed by atoms with Crippen LogP contribution in [0.15, 0.2) is 30.5 Å². The molecule has 1 aliphatic heterocycles. The van der Waals surface area contributed by atoms with E-state index in [1.807, 2.05) is 24.3 Å². The van der Waals surface area contributed by atoms with Crippen LogP contribution in [0, 0.1) is 0 Å². The van der Waals surface area contributed by atoms with Gasteiger partial charge in [0.25, 0.3) is 5.91 Å². The summed E-state index contributed by atoms with van der Waals surface area (Å²) in [4.78, 5) is 20.7. The monoisotopic (exact) mass is 426 g/mol. The molecule has 2 fully saturated rings. The molecule has 2 heterocycles. The fourth-order valence-electron chi connectivity index (χ4n) is 4.00. The Hall–Kier alpha value is -2.91. The molecular formula is C22H30N6O3. The highest BCUT2D eigenvalue weighted by atomic mass is 16.5. The van der Waals surface area contributed by atoms with Crippen molar-refractivity contribution in [3.63, 3.8) is 0 Å². The van der Waals surface area contributed by atoms with Gasteiger partial charge in [-0.1, -0.05) is 18.9 Å². The first kappa shape index (κ1) is 21.3. The Bertz CT molecular complexity index is 903. The number of nitrogens with zero attached hydrogens (tertiary/aromatic N) is 2. The van der Waals surface area contributed by atoms with Gasteiger partial charge >= 0.3 is 0 Å². The molecule has 31 heavy (non-hydrogen) atoms. The third kappa shape index (κ3) is 5.62. The number of benzene rings is 1. The van der Waals surface area contributed by atoms with Gasteiger partial charge in [-0.3, -0.25) is 4.79 Å². The van der Waals surface area contributed by atoms with Gasteiger partial charge in [-0.25, -0.2) is 4.98 Å². The summed E-state index contributed by atoms with van der Waals surface area (Å²) in [6.07, 6.45) is 7.52. The molecule has 0 spiro atoms. The van der Waals surface area contributed by atoms with E-state index in [-0.39, 0.29) is 23.8 Å². The number of primary amides is 1. The zero-order chi connectivity index (χ0) is 21.6. The lowest BCUT2D eigenvalue weighted by atomic mass is 9.91. The highest BCUT2D eigenvalue weighted by Gasteiger charge is 2.23. The van der Waals surface area contributed by atoms with Crippen molar-refractivity contribution in [2.24, 2.45) is 11.5 Å². The van der Waals surface area contributed by atoms with E-state index in [1.165, 1.54) is 6.20 Å². The maximum Gasteiger partial charge on any atom is 0.254 e. The Kier molecular flexibility index (Phi) is 6.83. The predicted octanol–water partition coefficient (Wildman–Crippen LogP) is 2.56. The molecule has 9 heteroatoms. The standard InChI is InChI=1S/C22H30N6O3/c23-18-6-1-2-7-19(18)27-22-25-13-17(20(24)29)21(28-22)26-14-4-3-5-16(12-14)31-15-8-10-30-11-9-15/h3-5,12-13,15,18-19H,1-2,6-11,23H2,(H2,24,29)(H2,25,26,27,28)/t18-,19+/m0/s1. The lowest BCUT2D eigenvalue weighted by Crippen LogP contribution is -2.43. The number of carbonyl (C=O) groups is 1. The second-order valence-electron chi connectivity index (χ2n) is 8.10. The number of carbonyl (C=O) groups excluding carboxylic acids is 1. The Morgan fingerprint density at radius 3 is 2.74 bits per heavy atom. The summed E-state index contributed by atoms with van der Waals surface area (Å²) in [6, 6.07) is 7.73. The highest BCUT2D eigenvalue weighted by Crippen LogP contribution is 2.26. The first-order chi connectivity index (χ1) is 15.1. The normalized spacial score (nSPS) is 22.0. The van der Waals surface area contributed by atoms with Crippen LogP contribution in [0.5, 0.6) is 5.75 Å². The van der Waals surface area contributed by atoms with Crippen molar-refractivity contribution in [1.29, 1.82) is 0 Å². The van der Waals surface area contributed by atoms with E-state index in [4.69, 9.17) is 20.9 Å². The molecule has 9 nitrogen and oxygen atoms in total. The fourth-order valence-corrected chi connectivity index (χ4v) is 4.00. The number of amides is 1. The molecule has 4 rings (SSSR count). The Morgan fingerprint density at radius 1 is 1.16 bits per heavy atom. The number of anilines is 3. The summed E-state index contributed by atoms with van der Waals surface area (Å²) in [5, 5.41) is 6.51. The van der Waals surface area contributed by atoms with E-state index in [0.717, 1.165) is 50.0 Å². The third-order valence-corrected chi connectivity index (χ3v) is 5.76. The average molecular weight is 427 g/mol. The van der Waals surface area contributed by atoms with E-state index in [0.29, 0.717) is 25.0 Å². The van der Waals surface area contributed by atoms with Gasteiger partial charge in [0.2, 0.25) is 5.95 Å². The lowest BCUT2D eigenvalue weighted by Gasteiger charge is -2.29. The molecule has 6 N–H and O–H groups in total. The van der Waals surface area contributed by atoms with Crippen LogP contribution < -0.4 is 26.8 Å². The maximum atomic E-state index is 11.9. The number of ether oxygens (including phenoxy) is 2. The minimum atomic E-state index is -0.599. The number of nitrogens with one attached hydrogen (secondary N) is 2. The van der Waals surface area contributed by atoms with Crippen LogP contribution in [0.2, 0.25) is 0 Å². The minimum Gasteiger partial charge on any atom is -0.490 e. The first-order valence-electron chi connectivity index (χ1n) is 10.9. The van der Waals surface area contributed by atoms with Crippen molar-refractivity contribution in [1.82, 2.24) is 9.97 Å². The Morgan fingerprint density at radius 2 is 1.97 bits per heavy atom. The Labute approximate surface area is 181 Å². The van der Waals surface area contributed by atoms with Crippen molar-refractivity contribution >= 4 is 23.4 Å². The highest BCUT2D eigenvalue weighted by molar-refractivity contribution is 5.98. The molecule has 2 atom stereocenters. The SMILES string of the molecule is NC(=O)c1cnc(N[C@@H]2CCCC[C@@H]2N)nc1Nc1cccc(OC2CCOCC2)c1. The predicted molar refractivity (Wildman–Crippen MR) is 119 cm³/mol. The van der Waals surface area contributed by atoms with Crippen LogP contribution in [-0.4, -0.2) is 47.3 Å². The van der Waals surface area contributed by atoms with Gasteiger partial charge in [-0.15, -0.1) is 0 Å². The molecule has 2 aromatic rings. The summed E-state index contributed by atoms with van der Waals surface area (Å²) in [7, 11) is 0. The zero-order valence-electron chi connectivity index (χ0n) is 17.5. The molecule has 0 radical (unpaired) electrons. The number of nitrogens with two attached hydrogens (primary N) is 2. The smallest absolute Gasteiger partial charge is 0.254 e. The molecule has 1 aromatic carbocycles. The van der Waals surface area contributed by atoms with Gasteiger partial charge in [0, 0.05) is 42.9 Å². The Balaban J connectivity index is 1.50. The number of hydrogen-bond donors (Lipinski definition) is 4. The topological polar surface area (TPSA) is 137 Å². The van der Waals surface area contributed by atoms with E-state index < -0.39 is 5.91 Å². The van der Waals surface area contributed by atoms with Gasteiger partial charge in [0.05, 0.1) is 13.2 Å². The molecule has 2 aliphatic rings. The second kappa shape index (κ2) is 9.93. The van der Waals surface area contributed by atoms with Crippen LogP contribution in [0.25, 0.3) is 0 Å². The summed E-state index contributed by atoms with van der Waals surface area (Å²) in [5.74, 6) is 0.915. The molecular weight excluding hydrogens is 396 g/mol. The van der Waals surface area contributed by atoms with Gasteiger partial charge < -0.3 is 31.6 Å². The molecule has 0 bridgehead atoms. The summed E-state index contributed by atoms with van der Waals surface area (Å²) >= 11 is 0. The van der Waals surface area contributed by atoms with E-state index in [1.54, 1.807) is 0 Å². The fraction of sp³-hybridized carbons (Fsp3) is 0.500. The number of aromatic nitrogens is 2. The molecule has 1 aromatic heterocycles. The van der Waals surface area contributed by atoms with Crippen LogP contribution in [-0.2, 0) is 4.74 Å². The van der Waals surface area contributed by atoms with E-state index in [9.17, 15) is 4.79 Å². The quantitative estimate of drug-likeness (QED) is 0.530. The first-order valence-corrected chi connectivity index (χ1v) is 10.9. The van der Waals surface area contributed by atoms with Crippen molar-refractivity contribution < 1.29 is 14.3 Å². The summed E-state index contributed by atoms with van der Waals surface area (Å²) in [5.41, 5.74) is 12.7. The van der Waals surface area contributed by atoms with Crippen LogP contribution >= 0.6 is 0 Å². The largest absolute Gasteiger partial charge is 0.490 e. The molecule has 1 saturated heterocycles. The summed E-state index contributed by atoms with van der Waals surface area (Å²) < 4.78 is 11.5. The van der Waals surface area contributed by atoms with Crippen molar-refractivity contribution in [3.8, 4) is 5.75 Å². The third-order valence-electron chi connectivity index (χ3n) is 5.76. The molecule has 166 valence electrons. The van der Waals surface area contributed by atoms with Crippen LogP contribution in [0.1, 0.15) is 48.9 Å². The molecule has 0 unspecified atom stereocenters. The maximum absolute atomic E-state index is 11.9. The van der Waals surface area contributed by atoms with E-state index in [2.05, 4.69) is 20.6 Å². The van der Waals surface area contributed by atoms with Gasteiger partial charge in [-0.05, 0) is 25.0 Å².